The number of ether oxygens (including phenoxy) is 2. The number of thiophene rings is 1. The quantitative estimate of drug-likeness (QED) is 0.329. The van der Waals surface area contributed by atoms with Crippen molar-refractivity contribution in [2.75, 3.05) is 7.11 Å². The number of hydrogen-bond acceptors (Lipinski definition) is 5. The predicted molar refractivity (Wildman–Crippen MR) is 107 cm³/mol. The number of rotatable bonds is 4. The van der Waals surface area contributed by atoms with E-state index in [0.29, 0.717) is 21.3 Å². The molecule has 0 fully saturated rings. The number of benzene rings is 2. The molecule has 2 aromatic carbocycles. The Hall–Kier alpha value is -2.90. The van der Waals surface area contributed by atoms with Gasteiger partial charge in [0.1, 0.15) is 15.5 Å². The first kappa shape index (κ1) is 18.5. The van der Waals surface area contributed by atoms with E-state index in [4.69, 9.17) is 21.1 Å². The smallest absolute Gasteiger partial charge is 0.353 e. The molecule has 4 aromatic rings. The highest BCUT2D eigenvalue weighted by Gasteiger charge is 2.20. The summed E-state index contributed by atoms with van der Waals surface area (Å²) in [6, 6.07) is 12.6. The topological polar surface area (TPSA) is 53.4 Å². The Morgan fingerprint density at radius 2 is 2.00 bits per heavy atom. The largest absolute Gasteiger partial charge is 0.493 e. The van der Waals surface area contributed by atoms with Gasteiger partial charge in [-0.1, -0.05) is 17.7 Å². The predicted octanol–water partition coefficient (Wildman–Crippen LogP) is 5.42. The number of fused-ring (bicyclic) bond motifs is 1. The van der Waals surface area contributed by atoms with Crippen molar-refractivity contribution in [2.24, 2.45) is 0 Å². The van der Waals surface area contributed by atoms with Crippen LogP contribution < -0.4 is 9.47 Å². The Morgan fingerprint density at radius 3 is 2.75 bits per heavy atom. The first-order chi connectivity index (χ1) is 13.5. The van der Waals surface area contributed by atoms with E-state index in [1.807, 2.05) is 6.92 Å². The molecule has 0 aliphatic carbocycles. The molecule has 8 heteroatoms. The number of carbonyl (C=O) groups is 1. The first-order valence-electron chi connectivity index (χ1n) is 8.27. The number of carbonyl (C=O) groups excluding carboxylic acids is 1. The van der Waals surface area contributed by atoms with Gasteiger partial charge in [0.15, 0.2) is 11.5 Å². The average molecular weight is 417 g/mol. The molecule has 0 spiro atoms. The van der Waals surface area contributed by atoms with Crippen LogP contribution in [0.5, 0.6) is 11.5 Å². The van der Waals surface area contributed by atoms with Crippen LogP contribution in [0, 0.1) is 12.7 Å². The molecule has 28 heavy (non-hydrogen) atoms. The zero-order valence-corrected chi connectivity index (χ0v) is 16.5. The Labute approximate surface area is 168 Å². The zero-order chi connectivity index (χ0) is 19.8. The molecule has 0 aliphatic heterocycles. The maximum Gasteiger partial charge on any atom is 0.353 e. The molecule has 0 saturated heterocycles. The highest BCUT2D eigenvalue weighted by Crippen LogP contribution is 2.34. The molecule has 0 N–H and O–H groups in total. The lowest BCUT2D eigenvalue weighted by atomic mass is 10.3. The van der Waals surface area contributed by atoms with Crippen LogP contribution in [0.2, 0.25) is 5.02 Å². The number of aromatic nitrogens is 2. The van der Waals surface area contributed by atoms with E-state index in [0.717, 1.165) is 15.9 Å². The van der Waals surface area contributed by atoms with Gasteiger partial charge in [-0.2, -0.15) is 5.10 Å². The van der Waals surface area contributed by atoms with Gasteiger partial charge in [0.05, 0.1) is 18.5 Å². The van der Waals surface area contributed by atoms with E-state index < -0.39 is 5.97 Å². The zero-order valence-electron chi connectivity index (χ0n) is 14.9. The molecule has 0 unspecified atom stereocenters. The van der Waals surface area contributed by atoms with E-state index in [-0.39, 0.29) is 11.6 Å². The molecule has 5 nitrogen and oxygen atoms in total. The monoisotopic (exact) mass is 416 g/mol. The lowest BCUT2D eigenvalue weighted by Gasteiger charge is -2.08. The Bertz CT molecular complexity index is 1200. The van der Waals surface area contributed by atoms with Gasteiger partial charge in [-0.05, 0) is 43.3 Å². The second-order valence-corrected chi connectivity index (χ2v) is 7.46. The minimum absolute atomic E-state index is 0.276. The fraction of sp³-hybridized carbons (Fsp3) is 0.100. The fourth-order valence-electron chi connectivity index (χ4n) is 2.81. The third-order valence-corrected chi connectivity index (χ3v) is 5.45. The summed E-state index contributed by atoms with van der Waals surface area (Å²) in [5.41, 5.74) is 1.32. The van der Waals surface area contributed by atoms with Crippen molar-refractivity contribution in [1.29, 1.82) is 0 Å². The lowest BCUT2D eigenvalue weighted by Crippen LogP contribution is -2.07. The van der Waals surface area contributed by atoms with Crippen LogP contribution in [0.3, 0.4) is 0 Å². The third-order valence-electron chi connectivity index (χ3n) is 4.13. The Balaban J connectivity index is 1.70. The van der Waals surface area contributed by atoms with Crippen LogP contribution in [-0.4, -0.2) is 22.9 Å². The number of esters is 1. The number of methoxy groups -OCH3 is 1. The summed E-state index contributed by atoms with van der Waals surface area (Å²) in [5, 5.41) is 5.74. The minimum Gasteiger partial charge on any atom is -0.493 e. The van der Waals surface area contributed by atoms with Gasteiger partial charge in [-0.3, -0.25) is 0 Å². The summed E-state index contributed by atoms with van der Waals surface area (Å²) in [6.07, 6.45) is 0. The SMILES string of the molecule is COc1cc(Cl)ccc1OC(=O)c1cc2c(C)nn(-c3cccc(F)c3)c2s1. The summed E-state index contributed by atoms with van der Waals surface area (Å²) < 4.78 is 25.9. The lowest BCUT2D eigenvalue weighted by molar-refractivity contribution is 0.0735. The van der Waals surface area contributed by atoms with Gasteiger partial charge in [-0.15, -0.1) is 11.3 Å². The summed E-state index contributed by atoms with van der Waals surface area (Å²) >= 11 is 7.16. The summed E-state index contributed by atoms with van der Waals surface area (Å²) in [5.74, 6) is -0.237. The third kappa shape index (κ3) is 3.34. The van der Waals surface area contributed by atoms with Gasteiger partial charge < -0.3 is 9.47 Å². The highest BCUT2D eigenvalue weighted by atomic mass is 35.5. The Morgan fingerprint density at radius 1 is 1.18 bits per heavy atom. The van der Waals surface area contributed by atoms with Crippen LogP contribution in [0.15, 0.2) is 48.5 Å². The summed E-state index contributed by atoms with van der Waals surface area (Å²) in [6.45, 7) is 1.84. The van der Waals surface area contributed by atoms with Gasteiger partial charge in [0.2, 0.25) is 0 Å². The maximum atomic E-state index is 13.6. The second kappa shape index (κ2) is 7.26. The molecule has 0 bridgehead atoms. The van der Waals surface area contributed by atoms with Crippen molar-refractivity contribution >= 4 is 39.1 Å². The van der Waals surface area contributed by atoms with Crippen molar-refractivity contribution in [1.82, 2.24) is 9.78 Å². The van der Waals surface area contributed by atoms with Crippen LogP contribution >= 0.6 is 22.9 Å². The molecular weight excluding hydrogens is 403 g/mol. The molecular formula is C20H14ClFN2O3S. The molecule has 0 aliphatic rings. The van der Waals surface area contributed by atoms with Crippen molar-refractivity contribution < 1.29 is 18.7 Å². The number of aryl methyl sites for hydroxylation is 1. The molecule has 0 saturated carbocycles. The number of halogens is 2. The molecule has 142 valence electrons. The fourth-order valence-corrected chi connectivity index (χ4v) is 4.03. The van der Waals surface area contributed by atoms with Gasteiger partial charge in [0.25, 0.3) is 0 Å². The second-order valence-electron chi connectivity index (χ2n) is 5.99. The van der Waals surface area contributed by atoms with Crippen LogP contribution in [-0.2, 0) is 0 Å². The average Bonchev–Trinajstić information content (AvgIpc) is 3.24. The van der Waals surface area contributed by atoms with Crippen LogP contribution in [0.4, 0.5) is 4.39 Å². The summed E-state index contributed by atoms with van der Waals surface area (Å²) in [4.78, 5) is 13.8. The molecule has 2 aromatic heterocycles. The van der Waals surface area contributed by atoms with Crippen molar-refractivity contribution in [3.05, 3.63) is 69.9 Å². The first-order valence-corrected chi connectivity index (χ1v) is 9.46. The molecule has 0 atom stereocenters. The van der Waals surface area contributed by atoms with Crippen LogP contribution in [0.1, 0.15) is 15.4 Å². The van der Waals surface area contributed by atoms with E-state index >= 15 is 0 Å². The van der Waals surface area contributed by atoms with Crippen molar-refractivity contribution in [2.45, 2.75) is 6.92 Å². The maximum absolute atomic E-state index is 13.6. The van der Waals surface area contributed by atoms with E-state index in [1.165, 1.54) is 30.6 Å². The van der Waals surface area contributed by atoms with Gasteiger partial charge in [0, 0.05) is 16.5 Å². The van der Waals surface area contributed by atoms with E-state index in [2.05, 4.69) is 5.10 Å². The molecule has 4 rings (SSSR count). The van der Waals surface area contributed by atoms with E-state index in [1.54, 1.807) is 41.1 Å². The molecule has 0 radical (unpaired) electrons. The molecule has 2 heterocycles. The summed E-state index contributed by atoms with van der Waals surface area (Å²) in [7, 11) is 1.47. The molecule has 0 amide bonds. The number of hydrogen-bond donors (Lipinski definition) is 0. The van der Waals surface area contributed by atoms with Crippen LogP contribution in [0.25, 0.3) is 15.9 Å². The van der Waals surface area contributed by atoms with E-state index in [9.17, 15) is 9.18 Å². The van der Waals surface area contributed by atoms with Crippen molar-refractivity contribution in [3.63, 3.8) is 0 Å². The van der Waals surface area contributed by atoms with Gasteiger partial charge >= 0.3 is 5.97 Å². The van der Waals surface area contributed by atoms with Gasteiger partial charge in [-0.25, -0.2) is 13.9 Å². The normalized spacial score (nSPS) is 11.0. The standard InChI is InChI=1S/C20H14ClFN2O3S/c1-11-15-10-18(20(25)27-16-7-6-12(21)8-17(16)26-2)28-19(15)24(23-11)14-5-3-4-13(22)9-14/h3-10H,1-2H3. The number of nitrogens with zero attached hydrogens (tertiary/aromatic N) is 2. The Kier molecular flexibility index (Phi) is 4.78. The minimum atomic E-state index is -0.521. The highest BCUT2D eigenvalue weighted by molar-refractivity contribution is 7.20. The van der Waals surface area contributed by atoms with Crippen molar-refractivity contribution in [3.8, 4) is 17.2 Å².